The van der Waals surface area contributed by atoms with Crippen molar-refractivity contribution < 1.29 is 9.53 Å². The van der Waals surface area contributed by atoms with Gasteiger partial charge in [-0.2, -0.15) is 0 Å². The number of carbonyl (C=O) groups excluding carboxylic acids is 1. The summed E-state index contributed by atoms with van der Waals surface area (Å²) in [5.74, 6) is 0. The Labute approximate surface area is 98.3 Å². The SMILES string of the molecule is CN(C)C1CC(C)(NC(=O)OC(C)(C)C)C1. The molecule has 1 fully saturated rings. The predicted octanol–water partition coefficient (Wildman–Crippen LogP) is 1.99. The zero-order chi connectivity index (χ0) is 12.6. The number of carbonyl (C=O) groups is 1. The zero-order valence-electron chi connectivity index (χ0n) is 11.3. The van der Waals surface area contributed by atoms with Crippen LogP contribution in [0.2, 0.25) is 0 Å². The van der Waals surface area contributed by atoms with Crippen LogP contribution in [0, 0.1) is 0 Å². The second kappa shape index (κ2) is 4.24. The first-order valence-corrected chi connectivity index (χ1v) is 5.79. The molecule has 0 saturated heterocycles. The maximum atomic E-state index is 11.6. The fraction of sp³-hybridized carbons (Fsp3) is 0.917. The van der Waals surface area contributed by atoms with Crippen LogP contribution in [0.3, 0.4) is 0 Å². The van der Waals surface area contributed by atoms with Crippen LogP contribution in [-0.2, 0) is 4.74 Å². The summed E-state index contributed by atoms with van der Waals surface area (Å²) in [5.41, 5.74) is -0.525. The molecule has 0 aromatic rings. The lowest BCUT2D eigenvalue weighted by Crippen LogP contribution is -2.61. The van der Waals surface area contributed by atoms with Gasteiger partial charge >= 0.3 is 6.09 Å². The Bertz CT molecular complexity index is 263. The number of rotatable bonds is 2. The molecule has 1 aliphatic rings. The molecule has 0 unspecified atom stereocenters. The molecular formula is C12H24N2O2. The van der Waals surface area contributed by atoms with E-state index in [9.17, 15) is 4.79 Å². The Morgan fingerprint density at radius 1 is 1.38 bits per heavy atom. The summed E-state index contributed by atoms with van der Waals surface area (Å²) in [6.07, 6.45) is 1.66. The average molecular weight is 228 g/mol. The third-order valence-electron chi connectivity index (χ3n) is 2.91. The van der Waals surface area contributed by atoms with Gasteiger partial charge in [-0.05, 0) is 54.6 Å². The van der Waals surface area contributed by atoms with Gasteiger partial charge < -0.3 is 15.0 Å². The van der Waals surface area contributed by atoms with Crippen LogP contribution >= 0.6 is 0 Å². The molecule has 1 aliphatic carbocycles. The highest BCUT2D eigenvalue weighted by atomic mass is 16.6. The van der Waals surface area contributed by atoms with Gasteiger partial charge in [0.25, 0.3) is 0 Å². The lowest BCUT2D eigenvalue weighted by atomic mass is 9.73. The summed E-state index contributed by atoms with van der Waals surface area (Å²) in [7, 11) is 4.13. The molecule has 0 radical (unpaired) electrons. The normalized spacial score (nSPS) is 29.8. The number of alkyl carbamates (subject to hydrolysis) is 1. The topological polar surface area (TPSA) is 41.6 Å². The number of hydrogen-bond acceptors (Lipinski definition) is 3. The molecular weight excluding hydrogens is 204 g/mol. The van der Waals surface area contributed by atoms with Crippen molar-refractivity contribution in [2.75, 3.05) is 14.1 Å². The van der Waals surface area contributed by atoms with Crippen molar-refractivity contribution in [2.45, 2.75) is 57.7 Å². The van der Waals surface area contributed by atoms with Gasteiger partial charge in [-0.25, -0.2) is 4.79 Å². The zero-order valence-corrected chi connectivity index (χ0v) is 11.3. The molecule has 0 bridgehead atoms. The van der Waals surface area contributed by atoms with Crippen molar-refractivity contribution in [1.82, 2.24) is 10.2 Å². The lowest BCUT2D eigenvalue weighted by Gasteiger charge is -2.48. The molecule has 0 heterocycles. The van der Waals surface area contributed by atoms with Crippen LogP contribution in [0.15, 0.2) is 0 Å². The molecule has 0 aromatic heterocycles. The standard InChI is InChI=1S/C12H24N2O2/c1-11(2,3)16-10(15)13-12(4)7-9(8-12)14(5)6/h9H,7-8H2,1-6H3,(H,13,15). The van der Waals surface area contributed by atoms with Crippen LogP contribution in [0.1, 0.15) is 40.5 Å². The first-order chi connectivity index (χ1) is 7.11. The van der Waals surface area contributed by atoms with E-state index in [4.69, 9.17) is 4.74 Å². The van der Waals surface area contributed by atoms with Gasteiger partial charge in [0, 0.05) is 11.6 Å². The monoisotopic (exact) mass is 228 g/mol. The highest BCUT2D eigenvalue weighted by Gasteiger charge is 2.43. The molecule has 1 saturated carbocycles. The minimum atomic E-state index is -0.425. The van der Waals surface area contributed by atoms with E-state index in [1.54, 1.807) is 0 Å². The molecule has 1 amide bonds. The third-order valence-corrected chi connectivity index (χ3v) is 2.91. The van der Waals surface area contributed by atoms with Crippen LogP contribution in [0.4, 0.5) is 4.79 Å². The Hall–Kier alpha value is -0.770. The van der Waals surface area contributed by atoms with Crippen LogP contribution in [-0.4, -0.2) is 42.3 Å². The maximum Gasteiger partial charge on any atom is 0.408 e. The molecule has 0 aromatic carbocycles. The summed E-state index contributed by atoms with van der Waals surface area (Å²) < 4.78 is 5.24. The van der Waals surface area contributed by atoms with E-state index in [1.165, 1.54) is 0 Å². The number of ether oxygens (including phenoxy) is 1. The molecule has 4 heteroatoms. The number of nitrogens with zero attached hydrogens (tertiary/aromatic N) is 1. The van der Waals surface area contributed by atoms with E-state index in [1.807, 2.05) is 20.8 Å². The number of nitrogens with one attached hydrogen (secondary N) is 1. The van der Waals surface area contributed by atoms with Gasteiger partial charge in [0.1, 0.15) is 5.60 Å². The van der Waals surface area contributed by atoms with Crippen molar-refractivity contribution in [1.29, 1.82) is 0 Å². The van der Waals surface area contributed by atoms with Crippen molar-refractivity contribution in [3.05, 3.63) is 0 Å². The fourth-order valence-corrected chi connectivity index (χ4v) is 2.00. The largest absolute Gasteiger partial charge is 0.444 e. The summed E-state index contributed by atoms with van der Waals surface area (Å²) >= 11 is 0. The highest BCUT2D eigenvalue weighted by Crippen LogP contribution is 2.34. The van der Waals surface area contributed by atoms with E-state index >= 15 is 0 Å². The van der Waals surface area contributed by atoms with Gasteiger partial charge in [-0.15, -0.1) is 0 Å². The van der Waals surface area contributed by atoms with Gasteiger partial charge in [-0.3, -0.25) is 0 Å². The summed E-state index contributed by atoms with van der Waals surface area (Å²) in [6.45, 7) is 7.69. The Morgan fingerprint density at radius 2 is 1.88 bits per heavy atom. The lowest BCUT2D eigenvalue weighted by molar-refractivity contribution is 0.0265. The van der Waals surface area contributed by atoms with E-state index in [-0.39, 0.29) is 11.6 Å². The smallest absolute Gasteiger partial charge is 0.408 e. The van der Waals surface area contributed by atoms with Crippen molar-refractivity contribution in [3.63, 3.8) is 0 Å². The molecule has 1 N–H and O–H groups in total. The maximum absolute atomic E-state index is 11.6. The Kier molecular flexibility index (Phi) is 3.53. The Morgan fingerprint density at radius 3 is 2.25 bits per heavy atom. The minimum Gasteiger partial charge on any atom is -0.444 e. The van der Waals surface area contributed by atoms with E-state index in [0.717, 1.165) is 12.8 Å². The van der Waals surface area contributed by atoms with Crippen molar-refractivity contribution in [2.24, 2.45) is 0 Å². The first kappa shape index (κ1) is 13.3. The van der Waals surface area contributed by atoms with E-state index in [2.05, 4.69) is 31.2 Å². The van der Waals surface area contributed by atoms with Crippen molar-refractivity contribution in [3.8, 4) is 0 Å². The summed E-state index contributed by atoms with van der Waals surface area (Å²) in [6, 6.07) is 0.569. The molecule has 0 aliphatic heterocycles. The average Bonchev–Trinajstić information content (AvgIpc) is 1.94. The molecule has 16 heavy (non-hydrogen) atoms. The second-order valence-electron chi connectivity index (χ2n) is 6.21. The van der Waals surface area contributed by atoms with E-state index < -0.39 is 5.60 Å². The molecule has 1 rings (SSSR count). The van der Waals surface area contributed by atoms with Crippen molar-refractivity contribution >= 4 is 6.09 Å². The predicted molar refractivity (Wildman–Crippen MR) is 64.5 cm³/mol. The van der Waals surface area contributed by atoms with Crippen LogP contribution in [0.5, 0.6) is 0 Å². The number of hydrogen-bond donors (Lipinski definition) is 1. The quantitative estimate of drug-likeness (QED) is 0.786. The molecule has 0 atom stereocenters. The summed E-state index contributed by atoms with van der Waals surface area (Å²) in [5, 5.41) is 2.95. The second-order valence-corrected chi connectivity index (χ2v) is 6.21. The van der Waals surface area contributed by atoms with Crippen LogP contribution in [0.25, 0.3) is 0 Å². The molecule has 4 nitrogen and oxygen atoms in total. The summed E-state index contributed by atoms with van der Waals surface area (Å²) in [4.78, 5) is 13.8. The van der Waals surface area contributed by atoms with Gasteiger partial charge in [0.2, 0.25) is 0 Å². The first-order valence-electron chi connectivity index (χ1n) is 5.79. The van der Waals surface area contributed by atoms with Gasteiger partial charge in [-0.1, -0.05) is 0 Å². The van der Waals surface area contributed by atoms with E-state index in [0.29, 0.717) is 6.04 Å². The fourth-order valence-electron chi connectivity index (χ4n) is 2.00. The third kappa shape index (κ3) is 3.67. The Balaban J connectivity index is 2.36. The molecule has 94 valence electrons. The minimum absolute atomic E-state index is 0.0999. The van der Waals surface area contributed by atoms with Gasteiger partial charge in [0.15, 0.2) is 0 Å². The van der Waals surface area contributed by atoms with Crippen LogP contribution < -0.4 is 5.32 Å². The molecule has 0 spiro atoms. The number of amides is 1. The highest BCUT2D eigenvalue weighted by molar-refractivity contribution is 5.69. The van der Waals surface area contributed by atoms with Gasteiger partial charge in [0.05, 0.1) is 0 Å².